The molecule has 0 spiro atoms. The van der Waals surface area contributed by atoms with E-state index >= 15 is 0 Å². The smallest absolute Gasteiger partial charge is 0.279 e. The molecule has 1 heterocycles. The van der Waals surface area contributed by atoms with Gasteiger partial charge in [0.15, 0.2) is 5.82 Å². The summed E-state index contributed by atoms with van der Waals surface area (Å²) >= 11 is 0. The van der Waals surface area contributed by atoms with Crippen LogP contribution < -0.4 is 4.72 Å². The maximum Gasteiger partial charge on any atom is 0.279 e. The topological polar surface area (TPSA) is 97.6 Å². The molecular weight excluding hydrogens is 272 g/mol. The fourth-order valence-corrected chi connectivity index (χ4v) is 2.25. The van der Waals surface area contributed by atoms with E-state index in [1.807, 2.05) is 0 Å². The predicted octanol–water partition coefficient (Wildman–Crippen LogP) is -0.0669. The molecule has 0 amide bonds. The summed E-state index contributed by atoms with van der Waals surface area (Å²) in [6, 6.07) is -0.127. The second kappa shape index (κ2) is 6.94. The number of aromatic nitrogens is 2. The summed E-state index contributed by atoms with van der Waals surface area (Å²) in [5, 5.41) is 3.72. The minimum absolute atomic E-state index is 0.0284. The SMILES string of the molecule is COCCc1noc(CNS(=O)(=O)N(C)C(C)C)n1. The van der Waals surface area contributed by atoms with Gasteiger partial charge < -0.3 is 9.26 Å². The normalized spacial score (nSPS) is 12.5. The molecule has 0 bridgehead atoms. The Labute approximate surface area is 113 Å². The van der Waals surface area contributed by atoms with E-state index in [2.05, 4.69) is 14.9 Å². The highest BCUT2D eigenvalue weighted by atomic mass is 32.2. The van der Waals surface area contributed by atoms with Crippen molar-refractivity contribution in [3.8, 4) is 0 Å². The van der Waals surface area contributed by atoms with Gasteiger partial charge in [0.05, 0.1) is 13.2 Å². The summed E-state index contributed by atoms with van der Waals surface area (Å²) < 4.78 is 37.1. The summed E-state index contributed by atoms with van der Waals surface area (Å²) in [6.07, 6.45) is 0.526. The maximum atomic E-state index is 11.8. The van der Waals surface area contributed by atoms with Crippen molar-refractivity contribution in [3.63, 3.8) is 0 Å². The molecule has 0 aliphatic carbocycles. The standard InChI is InChI=1S/C10H20N4O4S/c1-8(2)14(3)19(15,16)11-7-10-12-9(13-18-10)5-6-17-4/h8,11H,5-7H2,1-4H3. The van der Waals surface area contributed by atoms with Gasteiger partial charge in [-0.25, -0.2) is 0 Å². The monoisotopic (exact) mass is 292 g/mol. The third-order valence-electron chi connectivity index (χ3n) is 2.55. The molecule has 1 aromatic heterocycles. The predicted molar refractivity (Wildman–Crippen MR) is 68.5 cm³/mol. The lowest BCUT2D eigenvalue weighted by Crippen LogP contribution is -2.41. The Bertz CT molecular complexity index is 485. The molecule has 0 aliphatic rings. The molecule has 0 radical (unpaired) electrons. The van der Waals surface area contributed by atoms with Gasteiger partial charge >= 0.3 is 0 Å². The van der Waals surface area contributed by atoms with Crippen LogP contribution in [0.1, 0.15) is 25.6 Å². The van der Waals surface area contributed by atoms with E-state index in [4.69, 9.17) is 9.26 Å². The maximum absolute atomic E-state index is 11.8. The first-order valence-corrected chi connectivity index (χ1v) is 7.34. The van der Waals surface area contributed by atoms with Gasteiger partial charge in [0.2, 0.25) is 5.89 Å². The molecule has 0 aromatic carbocycles. The number of nitrogens with zero attached hydrogens (tertiary/aromatic N) is 3. The third kappa shape index (κ3) is 4.86. The number of ether oxygens (including phenoxy) is 1. The zero-order valence-electron chi connectivity index (χ0n) is 11.6. The lowest BCUT2D eigenvalue weighted by Gasteiger charge is -2.20. The van der Waals surface area contributed by atoms with Crippen molar-refractivity contribution in [2.45, 2.75) is 32.9 Å². The lowest BCUT2D eigenvalue weighted by molar-refractivity contribution is 0.199. The van der Waals surface area contributed by atoms with Crippen LogP contribution in [0, 0.1) is 0 Å². The Morgan fingerprint density at radius 1 is 1.47 bits per heavy atom. The Kier molecular flexibility index (Phi) is 5.85. The second-order valence-corrected chi connectivity index (χ2v) is 6.10. The summed E-state index contributed by atoms with van der Waals surface area (Å²) in [7, 11) is -0.450. The van der Waals surface area contributed by atoms with Crippen molar-refractivity contribution in [2.75, 3.05) is 20.8 Å². The Hall–Kier alpha value is -1.03. The van der Waals surface area contributed by atoms with Crippen molar-refractivity contribution >= 4 is 10.2 Å². The van der Waals surface area contributed by atoms with Gasteiger partial charge in [-0.3, -0.25) is 0 Å². The first-order chi connectivity index (χ1) is 8.86. The summed E-state index contributed by atoms with van der Waals surface area (Å²) in [6.45, 7) is 4.03. The minimum Gasteiger partial charge on any atom is -0.384 e. The fraction of sp³-hybridized carbons (Fsp3) is 0.800. The molecular formula is C10H20N4O4S. The van der Waals surface area contributed by atoms with Crippen LogP contribution in [0.25, 0.3) is 0 Å². The number of hydrogen-bond acceptors (Lipinski definition) is 6. The van der Waals surface area contributed by atoms with Crippen LogP contribution in [0.15, 0.2) is 4.52 Å². The van der Waals surface area contributed by atoms with E-state index in [9.17, 15) is 8.42 Å². The zero-order chi connectivity index (χ0) is 14.5. The first kappa shape index (κ1) is 16.0. The van der Waals surface area contributed by atoms with Crippen LogP contribution in [-0.4, -0.2) is 49.7 Å². The molecule has 0 saturated heterocycles. The molecule has 0 fully saturated rings. The van der Waals surface area contributed by atoms with Gasteiger partial charge in [-0.15, -0.1) is 0 Å². The summed E-state index contributed by atoms with van der Waals surface area (Å²) in [5.41, 5.74) is 0. The van der Waals surface area contributed by atoms with Crippen LogP contribution >= 0.6 is 0 Å². The van der Waals surface area contributed by atoms with Gasteiger partial charge in [-0.05, 0) is 13.8 Å². The van der Waals surface area contributed by atoms with Crippen LogP contribution in [0.5, 0.6) is 0 Å². The molecule has 0 unspecified atom stereocenters. The molecule has 8 nitrogen and oxygen atoms in total. The van der Waals surface area contributed by atoms with E-state index in [1.54, 1.807) is 21.0 Å². The van der Waals surface area contributed by atoms with E-state index in [1.165, 1.54) is 11.4 Å². The van der Waals surface area contributed by atoms with E-state index in [-0.39, 0.29) is 18.5 Å². The Morgan fingerprint density at radius 2 is 2.16 bits per heavy atom. The zero-order valence-corrected chi connectivity index (χ0v) is 12.4. The van der Waals surface area contributed by atoms with E-state index in [0.29, 0.717) is 18.9 Å². The van der Waals surface area contributed by atoms with Crippen molar-refractivity contribution in [2.24, 2.45) is 0 Å². The molecule has 1 N–H and O–H groups in total. The van der Waals surface area contributed by atoms with Gasteiger partial charge in [0.25, 0.3) is 10.2 Å². The Morgan fingerprint density at radius 3 is 2.74 bits per heavy atom. The highest BCUT2D eigenvalue weighted by Crippen LogP contribution is 2.03. The third-order valence-corrected chi connectivity index (χ3v) is 4.24. The first-order valence-electron chi connectivity index (χ1n) is 5.90. The van der Waals surface area contributed by atoms with Gasteiger partial charge in [0.1, 0.15) is 0 Å². The van der Waals surface area contributed by atoms with Crippen molar-refractivity contribution in [3.05, 3.63) is 11.7 Å². The van der Waals surface area contributed by atoms with E-state index < -0.39 is 10.2 Å². The summed E-state index contributed by atoms with van der Waals surface area (Å²) in [5.74, 6) is 0.722. The van der Waals surface area contributed by atoms with Crippen LogP contribution in [0.3, 0.4) is 0 Å². The van der Waals surface area contributed by atoms with Gasteiger partial charge in [-0.2, -0.15) is 22.4 Å². The van der Waals surface area contributed by atoms with Gasteiger partial charge in [0, 0.05) is 26.6 Å². The molecule has 9 heteroatoms. The van der Waals surface area contributed by atoms with Crippen LogP contribution in [-0.2, 0) is 27.9 Å². The largest absolute Gasteiger partial charge is 0.384 e. The second-order valence-electron chi connectivity index (χ2n) is 4.28. The van der Waals surface area contributed by atoms with Crippen molar-refractivity contribution < 1.29 is 17.7 Å². The molecule has 1 aromatic rings. The molecule has 0 aliphatic heterocycles. The number of nitrogens with one attached hydrogen (secondary N) is 1. The highest BCUT2D eigenvalue weighted by Gasteiger charge is 2.20. The minimum atomic E-state index is -3.53. The number of hydrogen-bond donors (Lipinski definition) is 1. The van der Waals surface area contributed by atoms with Crippen LogP contribution in [0.2, 0.25) is 0 Å². The van der Waals surface area contributed by atoms with Crippen molar-refractivity contribution in [1.29, 1.82) is 0 Å². The summed E-state index contributed by atoms with van der Waals surface area (Å²) in [4.78, 5) is 4.05. The molecule has 19 heavy (non-hydrogen) atoms. The average Bonchev–Trinajstić information content (AvgIpc) is 2.81. The quantitative estimate of drug-likeness (QED) is 0.720. The highest BCUT2D eigenvalue weighted by molar-refractivity contribution is 7.87. The average molecular weight is 292 g/mol. The van der Waals surface area contributed by atoms with Crippen LogP contribution in [0.4, 0.5) is 0 Å². The van der Waals surface area contributed by atoms with E-state index in [0.717, 1.165) is 0 Å². The number of methoxy groups -OCH3 is 1. The number of rotatable bonds is 8. The van der Waals surface area contributed by atoms with Crippen molar-refractivity contribution in [1.82, 2.24) is 19.2 Å². The fourth-order valence-electron chi connectivity index (χ4n) is 1.19. The molecule has 1 rings (SSSR count). The lowest BCUT2D eigenvalue weighted by atomic mass is 10.4. The molecule has 0 atom stereocenters. The van der Waals surface area contributed by atoms with Gasteiger partial charge in [-0.1, -0.05) is 5.16 Å². The Balaban J connectivity index is 2.54. The molecule has 0 saturated carbocycles. The molecule has 110 valence electrons.